The molecule has 17 heavy (non-hydrogen) atoms. The van der Waals surface area contributed by atoms with Crippen molar-refractivity contribution in [2.75, 3.05) is 6.54 Å². The summed E-state index contributed by atoms with van der Waals surface area (Å²) < 4.78 is 2.20. The van der Waals surface area contributed by atoms with Crippen LogP contribution in [-0.2, 0) is 11.8 Å². The van der Waals surface area contributed by atoms with E-state index in [0.717, 1.165) is 25.2 Å². The summed E-state index contributed by atoms with van der Waals surface area (Å²) in [5.41, 5.74) is 8.02. The quantitative estimate of drug-likeness (QED) is 0.882. The molecule has 0 amide bonds. The summed E-state index contributed by atoms with van der Waals surface area (Å²) in [6.45, 7) is 7.31. The summed E-state index contributed by atoms with van der Waals surface area (Å²) in [7, 11) is 0. The fraction of sp³-hybridized carbons (Fsp3) is 0.500. The Balaban J connectivity index is 2.55. The lowest BCUT2D eigenvalue weighted by atomic mass is 9.96. The molecule has 0 aliphatic carbocycles. The van der Waals surface area contributed by atoms with Crippen molar-refractivity contribution < 1.29 is 0 Å². The van der Waals surface area contributed by atoms with Gasteiger partial charge in [-0.25, -0.2) is 4.98 Å². The van der Waals surface area contributed by atoms with Gasteiger partial charge in [-0.3, -0.25) is 0 Å². The van der Waals surface area contributed by atoms with Crippen LogP contribution in [0.2, 0.25) is 0 Å². The SMILES string of the molecule is CC(C)(C)c1nc(CCCN)c2ccccn12. The summed E-state index contributed by atoms with van der Waals surface area (Å²) >= 11 is 0. The molecule has 0 atom stereocenters. The van der Waals surface area contributed by atoms with E-state index in [9.17, 15) is 0 Å². The van der Waals surface area contributed by atoms with E-state index in [0.29, 0.717) is 0 Å². The molecule has 0 aromatic carbocycles. The first-order chi connectivity index (χ1) is 8.04. The van der Waals surface area contributed by atoms with Gasteiger partial charge >= 0.3 is 0 Å². The Morgan fingerprint density at radius 3 is 2.71 bits per heavy atom. The van der Waals surface area contributed by atoms with Crippen molar-refractivity contribution in [3.8, 4) is 0 Å². The number of imidazole rings is 1. The molecular formula is C14H21N3. The molecule has 2 heterocycles. The zero-order chi connectivity index (χ0) is 12.5. The number of aromatic nitrogens is 2. The second-order valence-electron chi connectivity index (χ2n) is 5.48. The number of hydrogen-bond acceptors (Lipinski definition) is 2. The van der Waals surface area contributed by atoms with Crippen molar-refractivity contribution in [3.05, 3.63) is 35.9 Å². The predicted molar refractivity (Wildman–Crippen MR) is 71.3 cm³/mol. The molecule has 0 unspecified atom stereocenters. The van der Waals surface area contributed by atoms with E-state index in [2.05, 4.69) is 49.6 Å². The molecule has 0 bridgehead atoms. The van der Waals surface area contributed by atoms with Gasteiger partial charge in [0.15, 0.2) is 0 Å². The fourth-order valence-corrected chi connectivity index (χ4v) is 2.08. The Morgan fingerprint density at radius 1 is 1.29 bits per heavy atom. The van der Waals surface area contributed by atoms with Crippen molar-refractivity contribution in [2.45, 2.75) is 39.0 Å². The van der Waals surface area contributed by atoms with Crippen LogP contribution in [0.5, 0.6) is 0 Å². The highest BCUT2D eigenvalue weighted by Gasteiger charge is 2.21. The Morgan fingerprint density at radius 2 is 2.06 bits per heavy atom. The van der Waals surface area contributed by atoms with Gasteiger partial charge in [0.25, 0.3) is 0 Å². The average molecular weight is 231 g/mol. The number of nitrogens with zero attached hydrogens (tertiary/aromatic N) is 2. The van der Waals surface area contributed by atoms with Crippen LogP contribution in [0.3, 0.4) is 0 Å². The zero-order valence-corrected chi connectivity index (χ0v) is 10.9. The molecule has 0 radical (unpaired) electrons. The third-order valence-electron chi connectivity index (χ3n) is 2.91. The fourth-order valence-electron chi connectivity index (χ4n) is 2.08. The monoisotopic (exact) mass is 231 g/mol. The Labute approximate surface area is 103 Å². The second kappa shape index (κ2) is 4.49. The maximum Gasteiger partial charge on any atom is 0.118 e. The maximum atomic E-state index is 5.58. The Bertz CT molecular complexity index is 506. The molecule has 2 aromatic heterocycles. The van der Waals surface area contributed by atoms with E-state index in [1.165, 1.54) is 11.2 Å². The molecule has 3 heteroatoms. The first-order valence-corrected chi connectivity index (χ1v) is 6.20. The Hall–Kier alpha value is -1.35. The van der Waals surface area contributed by atoms with Crippen LogP contribution in [-0.4, -0.2) is 15.9 Å². The number of aryl methyl sites for hydroxylation is 1. The summed E-state index contributed by atoms with van der Waals surface area (Å²) in [6, 6.07) is 6.25. The van der Waals surface area contributed by atoms with E-state index >= 15 is 0 Å². The molecule has 0 saturated carbocycles. The number of pyridine rings is 1. The standard InChI is InChI=1S/C14H21N3/c1-14(2,3)13-16-11(7-6-9-15)12-8-4-5-10-17(12)13/h4-5,8,10H,6-7,9,15H2,1-3H3. The number of fused-ring (bicyclic) bond motifs is 1. The molecule has 0 spiro atoms. The molecule has 2 rings (SSSR count). The van der Waals surface area contributed by atoms with Gasteiger partial charge in [-0.1, -0.05) is 26.8 Å². The minimum atomic E-state index is 0.0607. The van der Waals surface area contributed by atoms with E-state index in [1.807, 2.05) is 0 Å². The Kier molecular flexibility index (Phi) is 3.20. The van der Waals surface area contributed by atoms with E-state index in [-0.39, 0.29) is 5.41 Å². The maximum absolute atomic E-state index is 5.58. The average Bonchev–Trinajstić information content (AvgIpc) is 2.65. The molecule has 3 nitrogen and oxygen atoms in total. The van der Waals surface area contributed by atoms with Crippen molar-refractivity contribution in [1.29, 1.82) is 0 Å². The summed E-state index contributed by atoms with van der Waals surface area (Å²) in [4.78, 5) is 4.81. The van der Waals surface area contributed by atoms with E-state index in [1.54, 1.807) is 0 Å². The lowest BCUT2D eigenvalue weighted by Gasteiger charge is -2.16. The first-order valence-electron chi connectivity index (χ1n) is 6.20. The summed E-state index contributed by atoms with van der Waals surface area (Å²) in [5.74, 6) is 1.13. The third-order valence-corrected chi connectivity index (χ3v) is 2.91. The number of hydrogen-bond donors (Lipinski definition) is 1. The van der Waals surface area contributed by atoms with Crippen molar-refractivity contribution in [1.82, 2.24) is 9.38 Å². The highest BCUT2D eigenvalue weighted by Crippen LogP contribution is 2.24. The topological polar surface area (TPSA) is 43.3 Å². The van der Waals surface area contributed by atoms with Gasteiger partial charge in [0, 0.05) is 11.6 Å². The third kappa shape index (κ3) is 2.34. The summed E-state index contributed by atoms with van der Waals surface area (Å²) in [5, 5.41) is 0. The number of rotatable bonds is 3. The minimum Gasteiger partial charge on any atom is -0.330 e. The normalized spacial score (nSPS) is 12.2. The van der Waals surface area contributed by atoms with Crippen LogP contribution in [0.4, 0.5) is 0 Å². The van der Waals surface area contributed by atoms with Gasteiger partial charge in [-0.2, -0.15) is 0 Å². The van der Waals surface area contributed by atoms with Crippen LogP contribution in [0.1, 0.15) is 38.7 Å². The van der Waals surface area contributed by atoms with E-state index in [4.69, 9.17) is 10.7 Å². The minimum absolute atomic E-state index is 0.0607. The van der Waals surface area contributed by atoms with Crippen LogP contribution in [0.15, 0.2) is 24.4 Å². The molecule has 2 N–H and O–H groups in total. The van der Waals surface area contributed by atoms with Crippen LogP contribution in [0, 0.1) is 0 Å². The molecular weight excluding hydrogens is 210 g/mol. The van der Waals surface area contributed by atoms with Gasteiger partial charge in [-0.05, 0) is 31.5 Å². The molecule has 0 aliphatic heterocycles. The molecule has 92 valence electrons. The first kappa shape index (κ1) is 12.1. The molecule has 0 saturated heterocycles. The van der Waals surface area contributed by atoms with Gasteiger partial charge in [0.1, 0.15) is 5.82 Å². The second-order valence-corrected chi connectivity index (χ2v) is 5.48. The number of nitrogens with two attached hydrogens (primary N) is 1. The lowest BCUT2D eigenvalue weighted by Crippen LogP contribution is -2.15. The predicted octanol–water partition coefficient (Wildman–Crippen LogP) is 2.52. The van der Waals surface area contributed by atoms with E-state index < -0.39 is 0 Å². The van der Waals surface area contributed by atoms with Crippen LogP contribution < -0.4 is 5.73 Å². The molecule has 0 aliphatic rings. The molecule has 2 aromatic rings. The van der Waals surface area contributed by atoms with Gasteiger partial charge in [0.2, 0.25) is 0 Å². The van der Waals surface area contributed by atoms with Gasteiger partial charge in [0.05, 0.1) is 11.2 Å². The van der Waals surface area contributed by atoms with Crippen molar-refractivity contribution >= 4 is 5.52 Å². The van der Waals surface area contributed by atoms with Crippen molar-refractivity contribution in [2.24, 2.45) is 5.73 Å². The van der Waals surface area contributed by atoms with Gasteiger partial charge < -0.3 is 10.1 Å². The highest BCUT2D eigenvalue weighted by atomic mass is 15.0. The zero-order valence-electron chi connectivity index (χ0n) is 10.9. The van der Waals surface area contributed by atoms with Gasteiger partial charge in [-0.15, -0.1) is 0 Å². The lowest BCUT2D eigenvalue weighted by molar-refractivity contribution is 0.541. The highest BCUT2D eigenvalue weighted by molar-refractivity contribution is 5.53. The van der Waals surface area contributed by atoms with Crippen molar-refractivity contribution in [3.63, 3.8) is 0 Å². The largest absolute Gasteiger partial charge is 0.330 e. The smallest absolute Gasteiger partial charge is 0.118 e. The molecule has 0 fully saturated rings. The summed E-state index contributed by atoms with van der Waals surface area (Å²) in [6.07, 6.45) is 4.04. The van der Waals surface area contributed by atoms with Crippen LogP contribution >= 0.6 is 0 Å². The van der Waals surface area contributed by atoms with Crippen LogP contribution in [0.25, 0.3) is 5.52 Å².